The lowest BCUT2D eigenvalue weighted by atomic mass is 10.0. The van der Waals surface area contributed by atoms with Crippen LogP contribution in [0.2, 0.25) is 0 Å². The number of aryl methyl sites for hydroxylation is 1. The van der Waals surface area contributed by atoms with Gasteiger partial charge in [0.05, 0.1) is 13.2 Å². The summed E-state index contributed by atoms with van der Waals surface area (Å²) >= 11 is 0. The Balaban J connectivity index is 1.98. The second kappa shape index (κ2) is 6.12. The van der Waals surface area contributed by atoms with E-state index in [9.17, 15) is 4.79 Å². The Bertz CT molecular complexity index is 413. The van der Waals surface area contributed by atoms with Crippen LogP contribution in [-0.4, -0.2) is 43.5 Å². The highest BCUT2D eigenvalue weighted by Gasteiger charge is 2.30. The number of nitrogens with zero attached hydrogens (tertiary/aromatic N) is 1. The molecule has 0 spiro atoms. The molecule has 1 aliphatic carbocycles. The second-order valence-corrected chi connectivity index (χ2v) is 4.93. The molecule has 0 atom stereocenters. The summed E-state index contributed by atoms with van der Waals surface area (Å²) in [4.78, 5) is 14.5. The summed E-state index contributed by atoms with van der Waals surface area (Å²) in [5.74, 6) is 0.219. The van der Waals surface area contributed by atoms with Crippen molar-refractivity contribution in [1.82, 2.24) is 4.90 Å². The first kappa shape index (κ1) is 13.2. The van der Waals surface area contributed by atoms with Gasteiger partial charge in [-0.05, 0) is 25.3 Å². The zero-order valence-corrected chi connectivity index (χ0v) is 11.2. The van der Waals surface area contributed by atoms with Gasteiger partial charge in [0.1, 0.15) is 0 Å². The first-order valence-corrected chi connectivity index (χ1v) is 6.54. The van der Waals surface area contributed by atoms with Crippen LogP contribution in [0.1, 0.15) is 28.8 Å². The van der Waals surface area contributed by atoms with Crippen molar-refractivity contribution in [3.05, 3.63) is 35.4 Å². The predicted octanol–water partition coefficient (Wildman–Crippen LogP) is 2.29. The average molecular weight is 247 g/mol. The molecule has 98 valence electrons. The Morgan fingerprint density at radius 2 is 2.11 bits per heavy atom. The molecule has 18 heavy (non-hydrogen) atoms. The summed E-state index contributed by atoms with van der Waals surface area (Å²) in [6.45, 7) is 4.04. The van der Waals surface area contributed by atoms with Gasteiger partial charge >= 0.3 is 0 Å². The van der Waals surface area contributed by atoms with E-state index in [0.29, 0.717) is 19.2 Å². The smallest absolute Gasteiger partial charge is 0.177 e. The fourth-order valence-electron chi connectivity index (χ4n) is 2.19. The molecule has 0 aliphatic heterocycles. The maximum Gasteiger partial charge on any atom is 0.177 e. The Hall–Kier alpha value is -1.19. The van der Waals surface area contributed by atoms with Crippen LogP contribution in [-0.2, 0) is 4.74 Å². The van der Waals surface area contributed by atoms with Crippen LogP contribution in [0.5, 0.6) is 0 Å². The quantitative estimate of drug-likeness (QED) is 0.692. The first-order valence-electron chi connectivity index (χ1n) is 6.54. The number of Topliss-reactive ketones (excluding diaryl/α,β-unsaturated/α-hetero) is 1. The molecule has 0 amide bonds. The van der Waals surface area contributed by atoms with Gasteiger partial charge in [-0.1, -0.05) is 24.3 Å². The van der Waals surface area contributed by atoms with Gasteiger partial charge in [0.15, 0.2) is 5.78 Å². The summed E-state index contributed by atoms with van der Waals surface area (Å²) < 4.78 is 5.11. The van der Waals surface area contributed by atoms with Crippen LogP contribution < -0.4 is 0 Å². The number of ketones is 1. The summed E-state index contributed by atoms with van der Waals surface area (Å²) in [5.41, 5.74) is 1.91. The van der Waals surface area contributed by atoms with E-state index < -0.39 is 0 Å². The highest BCUT2D eigenvalue weighted by molar-refractivity contribution is 5.98. The summed E-state index contributed by atoms with van der Waals surface area (Å²) in [5, 5.41) is 0. The number of carbonyl (C=O) groups is 1. The third-order valence-corrected chi connectivity index (χ3v) is 3.44. The van der Waals surface area contributed by atoms with E-state index in [0.717, 1.165) is 17.7 Å². The second-order valence-electron chi connectivity index (χ2n) is 4.93. The van der Waals surface area contributed by atoms with Gasteiger partial charge in [-0.2, -0.15) is 0 Å². The van der Waals surface area contributed by atoms with Crippen LogP contribution in [0.25, 0.3) is 0 Å². The lowest BCUT2D eigenvalue weighted by Gasteiger charge is -2.21. The Morgan fingerprint density at radius 3 is 2.72 bits per heavy atom. The average Bonchev–Trinajstić information content (AvgIpc) is 3.19. The molecule has 1 fully saturated rings. The molecule has 1 saturated carbocycles. The van der Waals surface area contributed by atoms with Crippen molar-refractivity contribution in [3.8, 4) is 0 Å². The molecule has 0 saturated heterocycles. The van der Waals surface area contributed by atoms with E-state index in [1.54, 1.807) is 7.11 Å². The molecule has 3 heteroatoms. The monoisotopic (exact) mass is 247 g/mol. The third-order valence-electron chi connectivity index (χ3n) is 3.44. The standard InChI is InChI=1S/C15H21NO2/c1-12-5-3-4-6-14(12)15(17)11-16(9-10-18-2)13-7-8-13/h3-6,13H,7-11H2,1-2H3. The van der Waals surface area contributed by atoms with Crippen molar-refractivity contribution >= 4 is 5.78 Å². The Kier molecular flexibility index (Phi) is 4.50. The van der Waals surface area contributed by atoms with Gasteiger partial charge in [0, 0.05) is 25.3 Å². The van der Waals surface area contributed by atoms with E-state index in [-0.39, 0.29) is 5.78 Å². The highest BCUT2D eigenvalue weighted by Crippen LogP contribution is 2.26. The summed E-state index contributed by atoms with van der Waals surface area (Å²) in [6.07, 6.45) is 2.43. The molecule has 3 nitrogen and oxygen atoms in total. The van der Waals surface area contributed by atoms with Crippen molar-refractivity contribution in [2.75, 3.05) is 26.8 Å². The fourth-order valence-corrected chi connectivity index (χ4v) is 2.19. The normalized spacial score (nSPS) is 15.1. The van der Waals surface area contributed by atoms with E-state index in [4.69, 9.17) is 4.74 Å². The zero-order chi connectivity index (χ0) is 13.0. The maximum atomic E-state index is 12.3. The molecule has 0 radical (unpaired) electrons. The van der Waals surface area contributed by atoms with Crippen LogP contribution in [0.3, 0.4) is 0 Å². The SMILES string of the molecule is COCCN(CC(=O)c1ccccc1C)C1CC1. The van der Waals surface area contributed by atoms with E-state index in [1.165, 1.54) is 12.8 Å². The zero-order valence-electron chi connectivity index (χ0n) is 11.2. The van der Waals surface area contributed by atoms with Gasteiger partial charge in [0.2, 0.25) is 0 Å². The molecule has 0 bridgehead atoms. The minimum absolute atomic E-state index is 0.219. The topological polar surface area (TPSA) is 29.5 Å². The molecule has 2 rings (SSSR count). The highest BCUT2D eigenvalue weighted by atomic mass is 16.5. The Labute approximate surface area is 109 Å². The van der Waals surface area contributed by atoms with Gasteiger partial charge in [-0.3, -0.25) is 9.69 Å². The molecule has 0 unspecified atom stereocenters. The first-order chi connectivity index (χ1) is 8.72. The number of carbonyl (C=O) groups excluding carboxylic acids is 1. The number of hydrogen-bond acceptors (Lipinski definition) is 3. The third kappa shape index (κ3) is 3.40. The lowest BCUT2D eigenvalue weighted by Crippen LogP contribution is -2.34. The van der Waals surface area contributed by atoms with Crippen LogP contribution >= 0.6 is 0 Å². The largest absolute Gasteiger partial charge is 0.383 e. The van der Waals surface area contributed by atoms with Crippen molar-refractivity contribution in [1.29, 1.82) is 0 Å². The molecular formula is C15H21NO2. The predicted molar refractivity (Wildman–Crippen MR) is 72.0 cm³/mol. The molecule has 1 aromatic carbocycles. The van der Waals surface area contributed by atoms with Gasteiger partial charge in [0.25, 0.3) is 0 Å². The fraction of sp³-hybridized carbons (Fsp3) is 0.533. The number of rotatable bonds is 7. The van der Waals surface area contributed by atoms with Crippen molar-refractivity contribution < 1.29 is 9.53 Å². The minimum Gasteiger partial charge on any atom is -0.383 e. The summed E-state index contributed by atoms with van der Waals surface area (Å²) in [6, 6.07) is 8.39. The van der Waals surface area contributed by atoms with Crippen LogP contribution in [0, 0.1) is 6.92 Å². The van der Waals surface area contributed by atoms with Gasteiger partial charge < -0.3 is 4.74 Å². The molecule has 0 N–H and O–H groups in total. The summed E-state index contributed by atoms with van der Waals surface area (Å²) in [7, 11) is 1.70. The minimum atomic E-state index is 0.219. The molecule has 0 aromatic heterocycles. The number of ether oxygens (including phenoxy) is 1. The van der Waals surface area contributed by atoms with Crippen LogP contribution in [0.4, 0.5) is 0 Å². The van der Waals surface area contributed by atoms with Crippen molar-refractivity contribution in [2.45, 2.75) is 25.8 Å². The van der Waals surface area contributed by atoms with E-state index in [2.05, 4.69) is 4.90 Å². The number of methoxy groups -OCH3 is 1. The van der Waals surface area contributed by atoms with Crippen molar-refractivity contribution in [2.24, 2.45) is 0 Å². The Morgan fingerprint density at radius 1 is 1.39 bits per heavy atom. The van der Waals surface area contributed by atoms with Gasteiger partial charge in [-0.15, -0.1) is 0 Å². The van der Waals surface area contributed by atoms with Crippen molar-refractivity contribution in [3.63, 3.8) is 0 Å². The van der Waals surface area contributed by atoms with E-state index in [1.807, 2.05) is 31.2 Å². The lowest BCUT2D eigenvalue weighted by molar-refractivity contribution is 0.0885. The molecule has 1 aliphatic rings. The molecule has 1 aromatic rings. The molecular weight excluding hydrogens is 226 g/mol. The molecule has 0 heterocycles. The van der Waals surface area contributed by atoms with Crippen LogP contribution in [0.15, 0.2) is 24.3 Å². The number of hydrogen-bond donors (Lipinski definition) is 0. The number of benzene rings is 1. The maximum absolute atomic E-state index is 12.3. The van der Waals surface area contributed by atoms with E-state index >= 15 is 0 Å². The van der Waals surface area contributed by atoms with Gasteiger partial charge in [-0.25, -0.2) is 0 Å².